The van der Waals surface area contributed by atoms with E-state index in [0.29, 0.717) is 12.3 Å². The molecule has 1 aromatic rings. The zero-order valence-electron chi connectivity index (χ0n) is 12.2. The standard InChI is InChI=1S/C15H22N4O2/c20-14(16-8-11-3-4-11)6-12-2-1-5-19(10-12)13-7-15(21)18-17-9-13/h7,9,11-12H,1-6,8,10H2,(H,16,20)(H,18,21). The van der Waals surface area contributed by atoms with Crippen molar-refractivity contribution in [3.8, 4) is 0 Å². The van der Waals surface area contributed by atoms with Gasteiger partial charge >= 0.3 is 0 Å². The van der Waals surface area contributed by atoms with E-state index in [1.54, 1.807) is 12.3 Å². The first-order chi connectivity index (χ1) is 10.2. The minimum atomic E-state index is -0.184. The highest BCUT2D eigenvalue weighted by molar-refractivity contribution is 5.76. The van der Waals surface area contributed by atoms with Gasteiger partial charge in [-0.3, -0.25) is 9.59 Å². The van der Waals surface area contributed by atoms with Crippen molar-refractivity contribution in [1.29, 1.82) is 0 Å². The molecule has 1 saturated heterocycles. The highest BCUT2D eigenvalue weighted by Crippen LogP contribution is 2.28. The average molecular weight is 290 g/mol. The predicted octanol–water partition coefficient (Wildman–Crippen LogP) is 0.903. The maximum Gasteiger partial charge on any atom is 0.266 e. The Morgan fingerprint density at radius 3 is 3.00 bits per heavy atom. The third-order valence-corrected chi connectivity index (χ3v) is 4.29. The number of aromatic nitrogens is 2. The molecule has 0 aromatic carbocycles. The molecule has 2 aliphatic rings. The summed E-state index contributed by atoms with van der Waals surface area (Å²) in [6.45, 7) is 2.58. The van der Waals surface area contributed by atoms with Gasteiger partial charge in [-0.05, 0) is 37.5 Å². The third kappa shape index (κ3) is 4.06. The van der Waals surface area contributed by atoms with Gasteiger partial charge in [0.05, 0.1) is 11.9 Å². The predicted molar refractivity (Wildman–Crippen MR) is 80.1 cm³/mol. The number of H-pyrrole nitrogens is 1. The Morgan fingerprint density at radius 2 is 2.24 bits per heavy atom. The van der Waals surface area contributed by atoms with Gasteiger partial charge in [0.25, 0.3) is 5.56 Å². The Labute approximate surface area is 123 Å². The first-order valence-electron chi connectivity index (χ1n) is 7.77. The second-order valence-electron chi connectivity index (χ2n) is 6.21. The molecular weight excluding hydrogens is 268 g/mol. The Morgan fingerprint density at radius 1 is 1.38 bits per heavy atom. The number of carbonyl (C=O) groups is 1. The van der Waals surface area contributed by atoms with Crippen LogP contribution < -0.4 is 15.8 Å². The molecule has 2 fully saturated rings. The Kier molecular flexibility index (Phi) is 4.22. The van der Waals surface area contributed by atoms with Gasteiger partial charge in [-0.15, -0.1) is 0 Å². The van der Waals surface area contributed by atoms with Crippen molar-refractivity contribution >= 4 is 11.6 Å². The number of aromatic amines is 1. The van der Waals surface area contributed by atoms with E-state index in [2.05, 4.69) is 20.4 Å². The number of amides is 1. The lowest BCUT2D eigenvalue weighted by molar-refractivity contribution is -0.122. The fourth-order valence-electron chi connectivity index (χ4n) is 2.92. The first kappa shape index (κ1) is 14.1. The van der Waals surface area contributed by atoms with E-state index in [-0.39, 0.29) is 11.5 Å². The van der Waals surface area contributed by atoms with Crippen LogP contribution >= 0.6 is 0 Å². The summed E-state index contributed by atoms with van der Waals surface area (Å²) in [7, 11) is 0. The summed E-state index contributed by atoms with van der Waals surface area (Å²) in [5, 5.41) is 9.26. The van der Waals surface area contributed by atoms with Crippen molar-refractivity contribution in [3.63, 3.8) is 0 Å². The molecule has 114 valence electrons. The van der Waals surface area contributed by atoms with Crippen LogP contribution in [-0.2, 0) is 4.79 Å². The van der Waals surface area contributed by atoms with Crippen LogP contribution in [0.3, 0.4) is 0 Å². The van der Waals surface area contributed by atoms with Crippen molar-refractivity contribution in [3.05, 3.63) is 22.6 Å². The molecular formula is C15H22N4O2. The van der Waals surface area contributed by atoms with E-state index in [0.717, 1.165) is 44.1 Å². The lowest BCUT2D eigenvalue weighted by Crippen LogP contribution is -2.38. The molecule has 3 rings (SSSR count). The van der Waals surface area contributed by atoms with Gasteiger partial charge in [0.2, 0.25) is 5.91 Å². The molecule has 1 unspecified atom stereocenters. The van der Waals surface area contributed by atoms with Crippen LogP contribution in [0.15, 0.2) is 17.1 Å². The lowest BCUT2D eigenvalue weighted by atomic mass is 9.94. The normalized spacial score (nSPS) is 22.1. The van der Waals surface area contributed by atoms with Gasteiger partial charge in [0.15, 0.2) is 0 Å². The summed E-state index contributed by atoms with van der Waals surface area (Å²) in [5.74, 6) is 1.24. The summed E-state index contributed by atoms with van der Waals surface area (Å²) in [5.41, 5.74) is 0.665. The first-order valence-corrected chi connectivity index (χ1v) is 7.77. The molecule has 21 heavy (non-hydrogen) atoms. The average Bonchev–Trinajstić information content (AvgIpc) is 3.30. The number of nitrogens with one attached hydrogen (secondary N) is 2. The number of rotatable bonds is 5. The van der Waals surface area contributed by atoms with Crippen LogP contribution in [0.25, 0.3) is 0 Å². The van der Waals surface area contributed by atoms with Crippen molar-refractivity contribution in [2.45, 2.75) is 32.1 Å². The SMILES string of the molecule is O=C(CC1CCCN(c2cn[nH]c(=O)c2)C1)NCC1CC1. The largest absolute Gasteiger partial charge is 0.370 e. The molecule has 2 N–H and O–H groups in total. The molecule has 0 bridgehead atoms. The fraction of sp³-hybridized carbons (Fsp3) is 0.667. The Hall–Kier alpha value is -1.85. The molecule has 1 aliphatic carbocycles. The zero-order chi connectivity index (χ0) is 14.7. The van der Waals surface area contributed by atoms with E-state index >= 15 is 0 Å². The molecule has 1 amide bonds. The molecule has 2 heterocycles. The molecule has 6 heteroatoms. The van der Waals surface area contributed by atoms with Crippen molar-refractivity contribution in [1.82, 2.24) is 15.5 Å². The minimum Gasteiger partial charge on any atom is -0.370 e. The molecule has 1 aromatic heterocycles. The van der Waals surface area contributed by atoms with Crippen molar-refractivity contribution in [2.24, 2.45) is 11.8 Å². The van der Waals surface area contributed by atoms with E-state index in [1.807, 2.05) is 0 Å². The van der Waals surface area contributed by atoms with Crippen LogP contribution in [0.2, 0.25) is 0 Å². The zero-order valence-corrected chi connectivity index (χ0v) is 12.2. The molecule has 0 spiro atoms. The quantitative estimate of drug-likeness (QED) is 0.844. The van der Waals surface area contributed by atoms with Gasteiger partial charge in [-0.1, -0.05) is 0 Å². The van der Waals surface area contributed by atoms with E-state index in [4.69, 9.17) is 0 Å². The number of carbonyl (C=O) groups excluding carboxylic acids is 1. The van der Waals surface area contributed by atoms with Gasteiger partial charge in [0.1, 0.15) is 0 Å². The van der Waals surface area contributed by atoms with Crippen LogP contribution in [0.4, 0.5) is 5.69 Å². The van der Waals surface area contributed by atoms with Gasteiger partial charge in [-0.2, -0.15) is 5.10 Å². The Balaban J connectivity index is 1.52. The molecule has 6 nitrogen and oxygen atoms in total. The number of piperidine rings is 1. The summed E-state index contributed by atoms with van der Waals surface area (Å²) >= 11 is 0. The van der Waals surface area contributed by atoms with Gasteiger partial charge in [-0.25, -0.2) is 5.10 Å². The smallest absolute Gasteiger partial charge is 0.266 e. The summed E-state index contributed by atoms with van der Waals surface area (Å²) in [4.78, 5) is 25.4. The fourth-order valence-corrected chi connectivity index (χ4v) is 2.92. The minimum absolute atomic E-state index is 0.165. The molecule has 1 aliphatic heterocycles. The second-order valence-corrected chi connectivity index (χ2v) is 6.21. The number of anilines is 1. The van der Waals surface area contributed by atoms with Crippen LogP contribution in [0, 0.1) is 11.8 Å². The number of hydrogen-bond acceptors (Lipinski definition) is 4. The van der Waals surface area contributed by atoms with E-state index in [9.17, 15) is 9.59 Å². The number of nitrogens with zero attached hydrogens (tertiary/aromatic N) is 2. The van der Waals surface area contributed by atoms with Crippen molar-refractivity contribution < 1.29 is 4.79 Å². The van der Waals surface area contributed by atoms with Crippen LogP contribution in [0.1, 0.15) is 32.1 Å². The van der Waals surface area contributed by atoms with Crippen LogP contribution in [-0.4, -0.2) is 35.7 Å². The summed E-state index contributed by atoms with van der Waals surface area (Å²) in [6, 6.07) is 1.57. The third-order valence-electron chi connectivity index (χ3n) is 4.29. The molecule has 1 saturated carbocycles. The monoisotopic (exact) mass is 290 g/mol. The summed E-state index contributed by atoms with van der Waals surface area (Å²) < 4.78 is 0. The number of hydrogen-bond donors (Lipinski definition) is 2. The second kappa shape index (κ2) is 6.28. The van der Waals surface area contributed by atoms with E-state index in [1.165, 1.54) is 12.8 Å². The van der Waals surface area contributed by atoms with Crippen molar-refractivity contribution in [2.75, 3.05) is 24.5 Å². The van der Waals surface area contributed by atoms with Crippen LogP contribution in [0.5, 0.6) is 0 Å². The maximum absolute atomic E-state index is 11.9. The van der Waals surface area contributed by atoms with Gasteiger partial charge in [0, 0.05) is 32.1 Å². The summed E-state index contributed by atoms with van der Waals surface area (Å²) in [6.07, 6.45) is 6.90. The Bertz CT molecular complexity index is 553. The highest BCUT2D eigenvalue weighted by atomic mass is 16.1. The lowest BCUT2D eigenvalue weighted by Gasteiger charge is -2.33. The highest BCUT2D eigenvalue weighted by Gasteiger charge is 2.25. The van der Waals surface area contributed by atoms with Gasteiger partial charge < -0.3 is 10.2 Å². The topological polar surface area (TPSA) is 78.1 Å². The van der Waals surface area contributed by atoms with E-state index < -0.39 is 0 Å². The molecule has 0 radical (unpaired) electrons. The molecule has 1 atom stereocenters. The maximum atomic E-state index is 11.9.